The van der Waals surface area contributed by atoms with Gasteiger partial charge in [-0.05, 0) is 120 Å². The number of hydrogen-bond donors (Lipinski definition) is 0. The molecule has 5 aromatic heterocycles. The van der Waals surface area contributed by atoms with Crippen LogP contribution in [0.2, 0.25) is 0 Å². The van der Waals surface area contributed by atoms with Crippen LogP contribution in [0.4, 0.5) is 0 Å². The number of aryl methyl sites for hydroxylation is 2. The van der Waals surface area contributed by atoms with Crippen molar-refractivity contribution in [2.45, 2.75) is 13.8 Å². The van der Waals surface area contributed by atoms with Crippen LogP contribution in [0.3, 0.4) is 0 Å². The van der Waals surface area contributed by atoms with Crippen molar-refractivity contribution in [1.82, 2.24) is 23.8 Å². The van der Waals surface area contributed by atoms with E-state index in [9.17, 15) is 0 Å². The highest BCUT2D eigenvalue weighted by Gasteiger charge is 2.19. The van der Waals surface area contributed by atoms with Crippen LogP contribution in [-0.2, 0) is 0 Å². The predicted molar refractivity (Wildman–Crippen MR) is 208 cm³/mol. The van der Waals surface area contributed by atoms with Gasteiger partial charge in [0, 0.05) is 33.9 Å². The summed E-state index contributed by atoms with van der Waals surface area (Å²) >= 11 is 0. The smallest absolute Gasteiger partial charge is 0.146 e. The van der Waals surface area contributed by atoms with Gasteiger partial charge in [0.05, 0.1) is 33.1 Å². The van der Waals surface area contributed by atoms with Gasteiger partial charge >= 0.3 is 0 Å². The van der Waals surface area contributed by atoms with Crippen LogP contribution in [0, 0.1) is 13.8 Å². The zero-order chi connectivity index (χ0) is 33.8. The molecule has 0 saturated heterocycles. The molecule has 0 bridgehead atoms. The second kappa shape index (κ2) is 10.4. The Morgan fingerprint density at radius 2 is 1.08 bits per heavy atom. The van der Waals surface area contributed by atoms with Crippen molar-refractivity contribution in [3.05, 3.63) is 151 Å². The Balaban J connectivity index is 1.16. The molecular formula is C45H29N5O. The summed E-state index contributed by atoms with van der Waals surface area (Å²) in [6, 6.07) is 44.5. The van der Waals surface area contributed by atoms with Crippen LogP contribution in [0.25, 0.3) is 87.8 Å². The average Bonchev–Trinajstić information content (AvgIpc) is 3.75. The standard InChI is InChI=1S/C45H29N5O/c1-26-9-7-10-27(2)42(26)32-11-8-16-41-43(32)31-20-18-29(24-34(31)45-48-37-13-4-6-15-40(37)50(41)45)51-28-17-19-30-33(23-28)44-47-36-12-3-5-14-39(36)49(44)38-21-22-46-25-35(30)38/h3-25H,1-2H3. The largest absolute Gasteiger partial charge is 0.457 e. The van der Waals surface area contributed by atoms with E-state index in [0.29, 0.717) is 0 Å². The summed E-state index contributed by atoms with van der Waals surface area (Å²) in [5.41, 5.74) is 13.1. The minimum atomic E-state index is 0.737. The zero-order valence-electron chi connectivity index (χ0n) is 27.9. The summed E-state index contributed by atoms with van der Waals surface area (Å²) in [6.45, 7) is 4.40. The fourth-order valence-electron chi connectivity index (χ4n) is 8.28. The summed E-state index contributed by atoms with van der Waals surface area (Å²) < 4.78 is 11.3. The van der Waals surface area contributed by atoms with E-state index in [1.54, 1.807) is 0 Å². The van der Waals surface area contributed by atoms with Crippen molar-refractivity contribution < 1.29 is 4.74 Å². The van der Waals surface area contributed by atoms with Crippen molar-refractivity contribution in [3.8, 4) is 22.6 Å². The molecule has 0 spiro atoms. The molecule has 11 rings (SSSR count). The monoisotopic (exact) mass is 655 g/mol. The molecule has 0 saturated carbocycles. The summed E-state index contributed by atoms with van der Waals surface area (Å²) in [5, 5.41) is 6.54. The van der Waals surface area contributed by atoms with E-state index in [4.69, 9.17) is 14.7 Å². The van der Waals surface area contributed by atoms with Gasteiger partial charge in [0.1, 0.15) is 22.8 Å². The van der Waals surface area contributed by atoms with Crippen molar-refractivity contribution >= 4 is 76.7 Å². The number of aromatic nitrogens is 5. The van der Waals surface area contributed by atoms with Crippen molar-refractivity contribution in [1.29, 1.82) is 0 Å². The van der Waals surface area contributed by atoms with E-state index in [-0.39, 0.29) is 0 Å². The van der Waals surface area contributed by atoms with Crippen LogP contribution >= 0.6 is 0 Å². The predicted octanol–water partition coefficient (Wildman–Crippen LogP) is 11.4. The third kappa shape index (κ3) is 3.96. The van der Waals surface area contributed by atoms with Gasteiger partial charge < -0.3 is 4.74 Å². The van der Waals surface area contributed by atoms with Crippen LogP contribution in [0.1, 0.15) is 11.1 Å². The van der Waals surface area contributed by atoms with Gasteiger partial charge in [-0.2, -0.15) is 0 Å². The number of benzene rings is 6. The fraction of sp³-hybridized carbons (Fsp3) is 0.0444. The van der Waals surface area contributed by atoms with Gasteiger partial charge in [-0.3, -0.25) is 13.8 Å². The van der Waals surface area contributed by atoms with E-state index < -0.39 is 0 Å². The number of para-hydroxylation sites is 4. The first kappa shape index (κ1) is 28.1. The first-order chi connectivity index (χ1) is 25.1. The molecule has 5 heterocycles. The first-order valence-corrected chi connectivity index (χ1v) is 17.2. The Hall–Kier alpha value is -6.79. The molecule has 6 aromatic carbocycles. The molecule has 0 aliphatic carbocycles. The van der Waals surface area contributed by atoms with Crippen molar-refractivity contribution in [2.24, 2.45) is 0 Å². The highest BCUT2D eigenvalue weighted by molar-refractivity contribution is 6.19. The molecule has 6 heteroatoms. The fourth-order valence-corrected chi connectivity index (χ4v) is 8.28. The number of nitrogens with zero attached hydrogens (tertiary/aromatic N) is 5. The van der Waals surface area contributed by atoms with E-state index in [0.717, 1.165) is 82.8 Å². The molecule has 51 heavy (non-hydrogen) atoms. The number of rotatable bonds is 3. The number of imidazole rings is 2. The van der Waals surface area contributed by atoms with E-state index >= 15 is 0 Å². The number of fused-ring (bicyclic) bond motifs is 16. The van der Waals surface area contributed by atoms with Gasteiger partial charge in [0.25, 0.3) is 0 Å². The molecular weight excluding hydrogens is 627 g/mol. The maximum absolute atomic E-state index is 6.73. The summed E-state index contributed by atoms with van der Waals surface area (Å²) in [5.74, 6) is 1.48. The van der Waals surface area contributed by atoms with Gasteiger partial charge in [0.2, 0.25) is 0 Å². The molecule has 0 N–H and O–H groups in total. The highest BCUT2D eigenvalue weighted by Crippen LogP contribution is 2.42. The Morgan fingerprint density at radius 3 is 1.78 bits per heavy atom. The molecule has 0 fully saturated rings. The normalized spacial score (nSPS) is 12.1. The number of hydrogen-bond acceptors (Lipinski definition) is 4. The second-order valence-corrected chi connectivity index (χ2v) is 13.4. The van der Waals surface area contributed by atoms with Gasteiger partial charge in [-0.1, -0.05) is 54.6 Å². The van der Waals surface area contributed by atoms with Crippen LogP contribution < -0.4 is 4.74 Å². The number of ether oxygens (including phenoxy) is 1. The topological polar surface area (TPSA) is 56.7 Å². The molecule has 6 nitrogen and oxygen atoms in total. The van der Waals surface area contributed by atoms with E-state index in [2.05, 4.69) is 143 Å². The Kier molecular flexibility index (Phi) is 5.71. The zero-order valence-corrected chi connectivity index (χ0v) is 27.9. The molecule has 11 aromatic rings. The average molecular weight is 656 g/mol. The lowest BCUT2D eigenvalue weighted by Crippen LogP contribution is -1.96. The molecule has 0 atom stereocenters. The van der Waals surface area contributed by atoms with Crippen LogP contribution in [0.5, 0.6) is 11.5 Å². The van der Waals surface area contributed by atoms with Gasteiger partial charge in [-0.25, -0.2) is 9.97 Å². The summed E-state index contributed by atoms with van der Waals surface area (Å²) in [4.78, 5) is 14.8. The lowest BCUT2D eigenvalue weighted by atomic mass is 9.91. The van der Waals surface area contributed by atoms with Gasteiger partial charge in [-0.15, -0.1) is 0 Å². The second-order valence-electron chi connectivity index (χ2n) is 13.4. The highest BCUT2D eigenvalue weighted by atomic mass is 16.5. The van der Waals surface area contributed by atoms with Crippen molar-refractivity contribution in [2.75, 3.05) is 0 Å². The number of pyridine rings is 3. The minimum Gasteiger partial charge on any atom is -0.457 e. The van der Waals surface area contributed by atoms with E-state index in [1.807, 2.05) is 24.5 Å². The quantitative estimate of drug-likeness (QED) is 0.178. The molecule has 240 valence electrons. The lowest BCUT2D eigenvalue weighted by molar-refractivity contribution is 0.484. The molecule has 0 radical (unpaired) electrons. The maximum Gasteiger partial charge on any atom is 0.146 e. The SMILES string of the molecule is Cc1cccc(C)c1-c1cccc2c1c1ccc(Oc3ccc4c5cnccc5n5c6ccccc6nc5c4c3)cc1c1nc3ccccc3n21. The van der Waals surface area contributed by atoms with Gasteiger partial charge in [0.15, 0.2) is 0 Å². The Morgan fingerprint density at radius 1 is 0.490 bits per heavy atom. The Bertz CT molecular complexity index is 3240. The third-order valence-corrected chi connectivity index (χ3v) is 10.5. The minimum absolute atomic E-state index is 0.737. The summed E-state index contributed by atoms with van der Waals surface area (Å²) in [7, 11) is 0. The Labute approximate surface area is 291 Å². The molecule has 0 aliphatic rings. The maximum atomic E-state index is 6.73. The molecule has 0 amide bonds. The van der Waals surface area contributed by atoms with Crippen LogP contribution in [-0.4, -0.2) is 23.8 Å². The lowest BCUT2D eigenvalue weighted by Gasteiger charge is -2.17. The van der Waals surface area contributed by atoms with E-state index in [1.165, 1.54) is 27.6 Å². The third-order valence-electron chi connectivity index (χ3n) is 10.5. The molecule has 0 unspecified atom stereocenters. The summed E-state index contributed by atoms with van der Waals surface area (Å²) in [6.07, 6.45) is 3.78. The molecule has 0 aliphatic heterocycles. The van der Waals surface area contributed by atoms with Crippen molar-refractivity contribution in [3.63, 3.8) is 0 Å². The van der Waals surface area contributed by atoms with Crippen LogP contribution in [0.15, 0.2) is 140 Å². The first-order valence-electron chi connectivity index (χ1n) is 17.2.